The fourth-order valence-electron chi connectivity index (χ4n) is 1.95. The van der Waals surface area contributed by atoms with Crippen LogP contribution >= 0.6 is 0 Å². The van der Waals surface area contributed by atoms with Crippen molar-refractivity contribution in [2.24, 2.45) is 11.1 Å². The Hall–Kier alpha value is -1.23. The molecule has 5 heteroatoms. The number of ether oxygens (including phenoxy) is 1. The monoisotopic (exact) mass is 289 g/mol. The molecule has 0 atom stereocenters. The zero-order valence-electron chi connectivity index (χ0n) is 12.2. The standard InChI is InChI=1S/C15H22F3NO/c1-4-11-5-6-13(20-15(16,17)18)9-12(11)7-8-14(2,3)10-19/h5-6,9H,4,7-8,10,19H2,1-3H3. The van der Waals surface area contributed by atoms with E-state index in [0.29, 0.717) is 13.0 Å². The van der Waals surface area contributed by atoms with Crippen LogP contribution in [0.4, 0.5) is 13.2 Å². The van der Waals surface area contributed by atoms with Crippen LogP contribution in [0.3, 0.4) is 0 Å². The van der Waals surface area contributed by atoms with Gasteiger partial charge < -0.3 is 10.5 Å². The van der Waals surface area contributed by atoms with Crippen molar-refractivity contribution in [2.45, 2.75) is 46.4 Å². The van der Waals surface area contributed by atoms with Crippen LogP contribution in [0.25, 0.3) is 0 Å². The third kappa shape index (κ3) is 5.41. The third-order valence-corrected chi connectivity index (χ3v) is 3.42. The largest absolute Gasteiger partial charge is 0.573 e. The second-order valence-corrected chi connectivity index (χ2v) is 5.70. The molecule has 0 saturated carbocycles. The van der Waals surface area contributed by atoms with E-state index < -0.39 is 6.36 Å². The van der Waals surface area contributed by atoms with Gasteiger partial charge in [-0.2, -0.15) is 0 Å². The van der Waals surface area contributed by atoms with E-state index in [-0.39, 0.29) is 11.2 Å². The minimum absolute atomic E-state index is 0.0219. The molecule has 0 amide bonds. The first-order valence-electron chi connectivity index (χ1n) is 6.74. The maximum Gasteiger partial charge on any atom is 0.573 e. The van der Waals surface area contributed by atoms with Gasteiger partial charge in [-0.15, -0.1) is 13.2 Å². The van der Waals surface area contributed by atoms with Gasteiger partial charge >= 0.3 is 6.36 Å². The summed E-state index contributed by atoms with van der Waals surface area (Å²) in [4.78, 5) is 0. The van der Waals surface area contributed by atoms with Crippen molar-refractivity contribution >= 4 is 0 Å². The summed E-state index contributed by atoms with van der Waals surface area (Å²) >= 11 is 0. The minimum Gasteiger partial charge on any atom is -0.406 e. The molecular weight excluding hydrogens is 267 g/mol. The van der Waals surface area contributed by atoms with Gasteiger partial charge in [0.2, 0.25) is 0 Å². The van der Waals surface area contributed by atoms with Crippen LogP contribution in [-0.2, 0) is 12.8 Å². The molecule has 0 aromatic heterocycles. The van der Waals surface area contributed by atoms with Gasteiger partial charge in [0.25, 0.3) is 0 Å². The first-order chi connectivity index (χ1) is 9.17. The number of aryl methyl sites for hydroxylation is 2. The molecule has 0 unspecified atom stereocenters. The Balaban J connectivity index is 2.89. The number of hydrogen-bond acceptors (Lipinski definition) is 2. The van der Waals surface area contributed by atoms with Gasteiger partial charge in [0.05, 0.1) is 0 Å². The van der Waals surface area contributed by atoms with E-state index >= 15 is 0 Å². The second kappa shape index (κ2) is 6.48. The Morgan fingerprint density at radius 2 is 1.80 bits per heavy atom. The molecule has 20 heavy (non-hydrogen) atoms. The van der Waals surface area contributed by atoms with E-state index in [2.05, 4.69) is 18.6 Å². The van der Waals surface area contributed by atoms with E-state index in [4.69, 9.17) is 5.73 Å². The number of benzene rings is 1. The lowest BCUT2D eigenvalue weighted by Crippen LogP contribution is -2.24. The summed E-state index contributed by atoms with van der Waals surface area (Å²) in [7, 11) is 0. The SMILES string of the molecule is CCc1ccc(OC(F)(F)F)cc1CCC(C)(C)CN. The summed E-state index contributed by atoms with van der Waals surface area (Å²) in [5.41, 5.74) is 7.61. The lowest BCUT2D eigenvalue weighted by atomic mass is 9.85. The van der Waals surface area contributed by atoms with E-state index in [0.717, 1.165) is 24.0 Å². The van der Waals surface area contributed by atoms with Crippen LogP contribution in [-0.4, -0.2) is 12.9 Å². The number of nitrogens with two attached hydrogens (primary N) is 1. The predicted molar refractivity (Wildman–Crippen MR) is 73.7 cm³/mol. The second-order valence-electron chi connectivity index (χ2n) is 5.70. The first-order valence-corrected chi connectivity index (χ1v) is 6.74. The Morgan fingerprint density at radius 1 is 1.15 bits per heavy atom. The fraction of sp³-hybridized carbons (Fsp3) is 0.600. The van der Waals surface area contributed by atoms with E-state index in [1.165, 1.54) is 12.1 Å². The molecule has 1 rings (SSSR count). The molecule has 0 fully saturated rings. The molecule has 1 aromatic carbocycles. The Bertz CT molecular complexity index is 441. The van der Waals surface area contributed by atoms with E-state index in [1.807, 2.05) is 6.92 Å². The van der Waals surface area contributed by atoms with Crippen molar-refractivity contribution in [1.82, 2.24) is 0 Å². The van der Waals surface area contributed by atoms with Crippen molar-refractivity contribution in [3.63, 3.8) is 0 Å². The van der Waals surface area contributed by atoms with Crippen molar-refractivity contribution in [3.8, 4) is 5.75 Å². The van der Waals surface area contributed by atoms with Crippen LogP contribution in [0, 0.1) is 5.41 Å². The molecule has 1 aromatic rings. The quantitative estimate of drug-likeness (QED) is 0.857. The molecule has 0 aliphatic rings. The highest BCUT2D eigenvalue weighted by atomic mass is 19.4. The zero-order chi connectivity index (χ0) is 15.4. The van der Waals surface area contributed by atoms with Gasteiger partial charge in [0.1, 0.15) is 5.75 Å². The smallest absolute Gasteiger partial charge is 0.406 e. The van der Waals surface area contributed by atoms with Crippen LogP contribution in [0.15, 0.2) is 18.2 Å². The number of rotatable bonds is 6. The highest BCUT2D eigenvalue weighted by Crippen LogP contribution is 2.28. The maximum absolute atomic E-state index is 12.2. The van der Waals surface area contributed by atoms with Crippen molar-refractivity contribution in [1.29, 1.82) is 0 Å². The lowest BCUT2D eigenvalue weighted by Gasteiger charge is -2.23. The maximum atomic E-state index is 12.2. The Morgan fingerprint density at radius 3 is 2.30 bits per heavy atom. The molecule has 114 valence electrons. The molecule has 0 aliphatic carbocycles. The number of alkyl halides is 3. The molecule has 2 N–H and O–H groups in total. The van der Waals surface area contributed by atoms with Crippen LogP contribution in [0.1, 0.15) is 38.3 Å². The highest BCUT2D eigenvalue weighted by molar-refractivity contribution is 5.36. The lowest BCUT2D eigenvalue weighted by molar-refractivity contribution is -0.274. The first kappa shape index (κ1) is 16.8. The summed E-state index contributed by atoms with van der Waals surface area (Å²) in [5, 5.41) is 0. The van der Waals surface area contributed by atoms with Gasteiger partial charge in [0.15, 0.2) is 0 Å². The van der Waals surface area contributed by atoms with Crippen molar-refractivity contribution in [2.75, 3.05) is 6.54 Å². The Kier molecular flexibility index (Phi) is 5.45. The van der Waals surface area contributed by atoms with Gasteiger partial charge in [0, 0.05) is 0 Å². The van der Waals surface area contributed by atoms with E-state index in [9.17, 15) is 13.2 Å². The van der Waals surface area contributed by atoms with E-state index in [1.54, 1.807) is 6.07 Å². The van der Waals surface area contributed by atoms with Crippen LogP contribution in [0.5, 0.6) is 5.75 Å². The normalized spacial score (nSPS) is 12.6. The van der Waals surface area contributed by atoms with Crippen molar-refractivity contribution < 1.29 is 17.9 Å². The molecule has 0 heterocycles. The van der Waals surface area contributed by atoms with Crippen LogP contribution in [0.2, 0.25) is 0 Å². The van der Waals surface area contributed by atoms with Crippen LogP contribution < -0.4 is 10.5 Å². The van der Waals surface area contributed by atoms with Gasteiger partial charge in [-0.3, -0.25) is 0 Å². The van der Waals surface area contributed by atoms with Gasteiger partial charge in [-0.1, -0.05) is 26.8 Å². The minimum atomic E-state index is -4.65. The third-order valence-electron chi connectivity index (χ3n) is 3.42. The molecule has 0 saturated heterocycles. The topological polar surface area (TPSA) is 35.2 Å². The van der Waals surface area contributed by atoms with Crippen molar-refractivity contribution in [3.05, 3.63) is 29.3 Å². The molecule has 0 aliphatic heterocycles. The predicted octanol–water partition coefficient (Wildman–Crippen LogP) is 4.07. The molecule has 0 spiro atoms. The zero-order valence-corrected chi connectivity index (χ0v) is 12.2. The summed E-state index contributed by atoms with van der Waals surface area (Å²) in [6, 6.07) is 4.55. The highest BCUT2D eigenvalue weighted by Gasteiger charge is 2.31. The summed E-state index contributed by atoms with van der Waals surface area (Å²) in [6.07, 6.45) is -2.35. The summed E-state index contributed by atoms with van der Waals surface area (Å²) in [5.74, 6) is -0.157. The average molecular weight is 289 g/mol. The number of halogens is 3. The molecule has 0 bridgehead atoms. The molecule has 0 radical (unpaired) electrons. The summed E-state index contributed by atoms with van der Waals surface area (Å²) < 4.78 is 40.7. The van der Waals surface area contributed by atoms with Gasteiger partial charge in [-0.05, 0) is 54.5 Å². The fourth-order valence-corrected chi connectivity index (χ4v) is 1.95. The average Bonchev–Trinajstić information content (AvgIpc) is 2.35. The van der Waals surface area contributed by atoms with Gasteiger partial charge in [-0.25, -0.2) is 0 Å². The molecule has 2 nitrogen and oxygen atoms in total. The summed E-state index contributed by atoms with van der Waals surface area (Å²) in [6.45, 7) is 6.63. The number of hydrogen-bond donors (Lipinski definition) is 1. The Labute approximate surface area is 118 Å². The molecular formula is C15H22F3NO.